The highest BCUT2D eigenvalue weighted by Crippen LogP contribution is 2.23. The molecular formula is C27H34N2O3. The normalized spacial score (nSPS) is 21.6. The molecule has 0 saturated carbocycles. The van der Waals surface area contributed by atoms with E-state index >= 15 is 0 Å². The molecule has 0 bridgehead atoms. The Kier molecular flexibility index (Phi) is 7.59. The first-order valence-corrected chi connectivity index (χ1v) is 12.0. The van der Waals surface area contributed by atoms with Crippen molar-refractivity contribution in [3.05, 3.63) is 60.2 Å². The molecule has 32 heavy (non-hydrogen) atoms. The molecule has 0 aromatic heterocycles. The van der Waals surface area contributed by atoms with Crippen molar-refractivity contribution >= 4 is 11.8 Å². The zero-order chi connectivity index (χ0) is 22.3. The van der Waals surface area contributed by atoms with Gasteiger partial charge in [0, 0.05) is 39.2 Å². The fourth-order valence-electron chi connectivity index (χ4n) is 4.80. The molecule has 2 heterocycles. The molecule has 0 radical (unpaired) electrons. The van der Waals surface area contributed by atoms with Crippen LogP contribution in [0.5, 0.6) is 0 Å². The van der Waals surface area contributed by atoms with Gasteiger partial charge >= 0.3 is 0 Å². The first-order valence-electron chi connectivity index (χ1n) is 12.0. The van der Waals surface area contributed by atoms with Crippen molar-refractivity contribution in [2.24, 2.45) is 5.92 Å². The number of carbonyl (C=O) groups excluding carboxylic acids is 2. The number of amides is 2. The van der Waals surface area contributed by atoms with E-state index in [2.05, 4.69) is 36.4 Å². The molecule has 2 saturated heterocycles. The van der Waals surface area contributed by atoms with Gasteiger partial charge in [-0.05, 0) is 49.3 Å². The molecule has 2 aromatic rings. The van der Waals surface area contributed by atoms with Crippen molar-refractivity contribution in [3.8, 4) is 11.1 Å². The molecule has 0 aliphatic carbocycles. The highest BCUT2D eigenvalue weighted by molar-refractivity contribution is 5.82. The number of benzene rings is 2. The average molecular weight is 435 g/mol. The minimum absolute atomic E-state index is 0.149. The first-order chi connectivity index (χ1) is 15.6. The number of hydrogen-bond donors (Lipinski definition) is 0. The Balaban J connectivity index is 1.42. The van der Waals surface area contributed by atoms with E-state index in [1.54, 1.807) is 0 Å². The van der Waals surface area contributed by atoms with Gasteiger partial charge in [-0.1, -0.05) is 54.6 Å². The van der Waals surface area contributed by atoms with Crippen LogP contribution in [0.4, 0.5) is 0 Å². The predicted molar refractivity (Wildman–Crippen MR) is 126 cm³/mol. The average Bonchev–Trinajstić information content (AvgIpc) is 3.30. The van der Waals surface area contributed by atoms with Gasteiger partial charge in [0.05, 0.1) is 12.0 Å². The van der Waals surface area contributed by atoms with Gasteiger partial charge in [-0.3, -0.25) is 9.59 Å². The molecule has 4 rings (SSSR count). The molecule has 5 heteroatoms. The zero-order valence-corrected chi connectivity index (χ0v) is 19.0. The summed E-state index contributed by atoms with van der Waals surface area (Å²) < 4.78 is 5.68. The molecule has 2 fully saturated rings. The van der Waals surface area contributed by atoms with Gasteiger partial charge in [0.1, 0.15) is 0 Å². The summed E-state index contributed by atoms with van der Waals surface area (Å²) in [5, 5.41) is 0. The summed E-state index contributed by atoms with van der Waals surface area (Å²) in [5.74, 6) is 0.108. The number of hydrogen-bond acceptors (Lipinski definition) is 3. The van der Waals surface area contributed by atoms with Gasteiger partial charge in [0.2, 0.25) is 11.8 Å². The van der Waals surface area contributed by atoms with Crippen LogP contribution in [0.3, 0.4) is 0 Å². The van der Waals surface area contributed by atoms with Gasteiger partial charge in [0.15, 0.2) is 0 Å². The number of rotatable bonds is 7. The Hall–Kier alpha value is -2.66. The minimum Gasteiger partial charge on any atom is -0.378 e. The van der Waals surface area contributed by atoms with E-state index in [-0.39, 0.29) is 23.8 Å². The molecule has 0 N–H and O–H groups in total. The van der Waals surface area contributed by atoms with E-state index in [0.717, 1.165) is 31.4 Å². The van der Waals surface area contributed by atoms with Crippen molar-refractivity contribution < 1.29 is 14.3 Å². The Bertz CT molecular complexity index is 891. The Morgan fingerprint density at radius 2 is 1.78 bits per heavy atom. The first kappa shape index (κ1) is 22.5. The maximum absolute atomic E-state index is 13.2. The van der Waals surface area contributed by atoms with Crippen molar-refractivity contribution in [1.82, 2.24) is 9.80 Å². The van der Waals surface area contributed by atoms with E-state index in [1.807, 2.05) is 34.9 Å². The van der Waals surface area contributed by atoms with Crippen molar-refractivity contribution in [2.75, 3.05) is 32.8 Å². The van der Waals surface area contributed by atoms with Crippen LogP contribution in [-0.4, -0.2) is 60.5 Å². The van der Waals surface area contributed by atoms with Gasteiger partial charge in [-0.2, -0.15) is 0 Å². The summed E-state index contributed by atoms with van der Waals surface area (Å²) in [6.45, 7) is 5.24. The highest BCUT2D eigenvalue weighted by Gasteiger charge is 2.32. The van der Waals surface area contributed by atoms with Crippen molar-refractivity contribution in [2.45, 2.75) is 45.1 Å². The van der Waals surface area contributed by atoms with Crippen LogP contribution >= 0.6 is 0 Å². The Labute approximate surface area is 191 Å². The lowest BCUT2D eigenvalue weighted by Crippen LogP contribution is -2.38. The third-order valence-electron chi connectivity index (χ3n) is 6.72. The second-order valence-electron chi connectivity index (χ2n) is 8.90. The van der Waals surface area contributed by atoms with E-state index in [0.29, 0.717) is 39.0 Å². The highest BCUT2D eigenvalue weighted by atomic mass is 16.5. The smallest absolute Gasteiger partial charge is 0.227 e. The summed E-state index contributed by atoms with van der Waals surface area (Å²) >= 11 is 0. The molecule has 2 amide bonds. The predicted octanol–water partition coefficient (Wildman–Crippen LogP) is 4.16. The van der Waals surface area contributed by atoms with E-state index in [9.17, 15) is 9.59 Å². The van der Waals surface area contributed by atoms with Crippen molar-refractivity contribution in [1.29, 1.82) is 0 Å². The Morgan fingerprint density at radius 1 is 1.03 bits per heavy atom. The summed E-state index contributed by atoms with van der Waals surface area (Å²) in [5.41, 5.74) is 3.49. The topological polar surface area (TPSA) is 49.9 Å². The van der Waals surface area contributed by atoms with Crippen LogP contribution in [-0.2, 0) is 20.7 Å². The number of likely N-dealkylation sites (N-methyl/N-ethyl adjacent to an activating group) is 1. The maximum atomic E-state index is 13.2. The SMILES string of the molecule is CCN1CCN(C(=O)CC[C@@H]2CCCO2)C[C@H](Cc2ccc(-c3ccccc3)cc2)C1=O. The quantitative estimate of drug-likeness (QED) is 0.657. The van der Waals surface area contributed by atoms with Crippen LogP contribution in [0.25, 0.3) is 11.1 Å². The van der Waals surface area contributed by atoms with Gasteiger partial charge in [-0.15, -0.1) is 0 Å². The molecule has 2 aliphatic heterocycles. The number of nitrogens with zero attached hydrogens (tertiary/aromatic N) is 2. The molecule has 5 nitrogen and oxygen atoms in total. The standard InChI is InChI=1S/C27H34N2O3/c1-2-28-16-17-29(26(30)15-14-25-9-6-18-32-25)20-24(27(28)31)19-21-10-12-23(13-11-21)22-7-4-3-5-8-22/h3-5,7-8,10-13,24-25H,2,6,9,14-20H2,1H3/t24-,25-/m0/s1. The minimum atomic E-state index is -0.202. The second-order valence-corrected chi connectivity index (χ2v) is 8.90. The molecule has 0 unspecified atom stereocenters. The molecular weight excluding hydrogens is 400 g/mol. The van der Waals surface area contributed by atoms with E-state index < -0.39 is 0 Å². The molecule has 2 atom stereocenters. The van der Waals surface area contributed by atoms with Crippen LogP contribution in [0.2, 0.25) is 0 Å². The maximum Gasteiger partial charge on any atom is 0.227 e. The lowest BCUT2D eigenvalue weighted by molar-refractivity contribution is -0.135. The third kappa shape index (κ3) is 5.57. The zero-order valence-electron chi connectivity index (χ0n) is 19.0. The van der Waals surface area contributed by atoms with Crippen LogP contribution in [0.15, 0.2) is 54.6 Å². The summed E-state index contributed by atoms with van der Waals surface area (Å²) in [6.07, 6.45) is 4.30. The van der Waals surface area contributed by atoms with E-state index in [4.69, 9.17) is 4.74 Å². The molecule has 2 aliphatic rings. The lowest BCUT2D eigenvalue weighted by atomic mass is 9.95. The van der Waals surface area contributed by atoms with Gasteiger partial charge in [0.25, 0.3) is 0 Å². The third-order valence-corrected chi connectivity index (χ3v) is 6.72. The van der Waals surface area contributed by atoms with Crippen molar-refractivity contribution in [3.63, 3.8) is 0 Å². The fourth-order valence-corrected chi connectivity index (χ4v) is 4.80. The summed E-state index contributed by atoms with van der Waals surface area (Å²) in [6, 6.07) is 18.8. The largest absolute Gasteiger partial charge is 0.378 e. The monoisotopic (exact) mass is 434 g/mol. The fraction of sp³-hybridized carbons (Fsp3) is 0.481. The summed E-state index contributed by atoms with van der Waals surface area (Å²) in [4.78, 5) is 29.9. The lowest BCUT2D eigenvalue weighted by Gasteiger charge is -2.24. The second kappa shape index (κ2) is 10.8. The van der Waals surface area contributed by atoms with Gasteiger partial charge in [-0.25, -0.2) is 0 Å². The van der Waals surface area contributed by atoms with Crippen LogP contribution in [0.1, 0.15) is 38.2 Å². The summed E-state index contributed by atoms with van der Waals surface area (Å²) in [7, 11) is 0. The van der Waals surface area contributed by atoms with Crippen LogP contribution in [0, 0.1) is 5.92 Å². The number of ether oxygens (including phenoxy) is 1. The number of carbonyl (C=O) groups is 2. The van der Waals surface area contributed by atoms with Crippen LogP contribution < -0.4 is 0 Å². The molecule has 2 aromatic carbocycles. The molecule has 0 spiro atoms. The van der Waals surface area contributed by atoms with E-state index in [1.165, 1.54) is 11.1 Å². The van der Waals surface area contributed by atoms with Gasteiger partial charge < -0.3 is 14.5 Å². The molecule has 170 valence electrons. The Morgan fingerprint density at radius 3 is 2.47 bits per heavy atom.